The quantitative estimate of drug-likeness (QED) is 0.804. The van der Waals surface area contributed by atoms with Gasteiger partial charge in [0.25, 0.3) is 0 Å². The Morgan fingerprint density at radius 1 is 1.09 bits per heavy atom. The summed E-state index contributed by atoms with van der Waals surface area (Å²) in [6.45, 7) is 1.72. The van der Waals surface area contributed by atoms with Crippen molar-refractivity contribution in [1.29, 1.82) is 0 Å². The molecule has 3 aromatic rings. The van der Waals surface area contributed by atoms with Gasteiger partial charge in [-0.1, -0.05) is 42.5 Å². The summed E-state index contributed by atoms with van der Waals surface area (Å²) >= 11 is 0. The molecular formula is C18H14O4. The third kappa shape index (κ3) is 2.39. The number of hydrogen-bond donors (Lipinski definition) is 1. The highest BCUT2D eigenvalue weighted by atomic mass is 16.4. The molecule has 0 saturated heterocycles. The van der Waals surface area contributed by atoms with Crippen LogP contribution in [0.25, 0.3) is 22.3 Å². The van der Waals surface area contributed by atoms with Crippen molar-refractivity contribution < 1.29 is 14.3 Å². The molecule has 1 aromatic heterocycles. The van der Waals surface area contributed by atoms with E-state index in [1.54, 1.807) is 25.1 Å². The predicted octanol–water partition coefficient (Wildman–Crippen LogP) is 3.40. The summed E-state index contributed by atoms with van der Waals surface area (Å²) in [6, 6.07) is 14.3. The molecule has 1 heterocycles. The summed E-state index contributed by atoms with van der Waals surface area (Å²) in [5, 5.41) is 9.43. The first-order valence-electron chi connectivity index (χ1n) is 6.90. The van der Waals surface area contributed by atoms with Gasteiger partial charge in [0.05, 0.1) is 11.8 Å². The van der Waals surface area contributed by atoms with Crippen molar-refractivity contribution in [2.24, 2.45) is 0 Å². The van der Waals surface area contributed by atoms with Crippen LogP contribution in [0.3, 0.4) is 0 Å². The predicted molar refractivity (Wildman–Crippen MR) is 84.0 cm³/mol. The molecule has 0 fully saturated rings. The van der Waals surface area contributed by atoms with Crippen LogP contribution in [0.4, 0.5) is 0 Å². The lowest BCUT2D eigenvalue weighted by atomic mass is 10.0. The average molecular weight is 294 g/mol. The molecule has 0 atom stereocenters. The standard InChI is InChI=1S/C18H14O4/c1-11-16(21)14-9-5-8-13(10-15(19)20)18(14)22-17(11)12-6-3-2-4-7-12/h2-9H,10H2,1H3,(H,19,20). The molecule has 1 N–H and O–H groups in total. The zero-order chi connectivity index (χ0) is 15.7. The van der Waals surface area contributed by atoms with Crippen molar-refractivity contribution in [2.45, 2.75) is 13.3 Å². The molecular weight excluding hydrogens is 280 g/mol. The first kappa shape index (κ1) is 14.1. The fourth-order valence-corrected chi connectivity index (χ4v) is 2.53. The van der Waals surface area contributed by atoms with Gasteiger partial charge in [-0.3, -0.25) is 9.59 Å². The number of para-hydroxylation sites is 1. The van der Waals surface area contributed by atoms with Crippen LogP contribution in [0.5, 0.6) is 0 Å². The minimum absolute atomic E-state index is 0.132. The Kier molecular flexibility index (Phi) is 3.51. The first-order valence-corrected chi connectivity index (χ1v) is 6.90. The minimum Gasteiger partial charge on any atom is -0.481 e. The number of fused-ring (bicyclic) bond motifs is 1. The molecule has 4 heteroatoms. The zero-order valence-corrected chi connectivity index (χ0v) is 12.0. The van der Waals surface area contributed by atoms with Crippen LogP contribution in [0, 0.1) is 6.92 Å². The average Bonchev–Trinajstić information content (AvgIpc) is 2.51. The van der Waals surface area contributed by atoms with Gasteiger partial charge in [0.2, 0.25) is 0 Å². The molecule has 0 bridgehead atoms. The Morgan fingerprint density at radius 3 is 2.50 bits per heavy atom. The van der Waals surface area contributed by atoms with Crippen LogP contribution in [-0.4, -0.2) is 11.1 Å². The summed E-state index contributed by atoms with van der Waals surface area (Å²) in [7, 11) is 0. The lowest BCUT2D eigenvalue weighted by molar-refractivity contribution is -0.136. The number of rotatable bonds is 3. The van der Waals surface area contributed by atoms with Crippen LogP contribution in [-0.2, 0) is 11.2 Å². The van der Waals surface area contributed by atoms with E-state index in [9.17, 15) is 9.59 Å². The highest BCUT2D eigenvalue weighted by Gasteiger charge is 2.15. The van der Waals surface area contributed by atoms with Crippen LogP contribution in [0.15, 0.2) is 57.7 Å². The smallest absolute Gasteiger partial charge is 0.307 e. The molecule has 3 rings (SSSR count). The molecule has 0 saturated carbocycles. The third-order valence-electron chi connectivity index (χ3n) is 3.60. The number of carboxylic acids is 1. The molecule has 4 nitrogen and oxygen atoms in total. The van der Waals surface area contributed by atoms with Crippen LogP contribution < -0.4 is 5.43 Å². The highest BCUT2D eigenvalue weighted by molar-refractivity contribution is 5.86. The molecule has 0 radical (unpaired) electrons. The minimum atomic E-state index is -0.961. The highest BCUT2D eigenvalue weighted by Crippen LogP contribution is 2.27. The van der Waals surface area contributed by atoms with E-state index < -0.39 is 5.97 Å². The second-order valence-electron chi connectivity index (χ2n) is 5.12. The van der Waals surface area contributed by atoms with Crippen LogP contribution >= 0.6 is 0 Å². The summed E-state index contributed by atoms with van der Waals surface area (Å²) in [5.74, 6) is -0.479. The van der Waals surface area contributed by atoms with E-state index in [-0.39, 0.29) is 11.8 Å². The molecule has 22 heavy (non-hydrogen) atoms. The van der Waals surface area contributed by atoms with Crippen molar-refractivity contribution >= 4 is 16.9 Å². The molecule has 0 unspecified atom stereocenters. The topological polar surface area (TPSA) is 67.5 Å². The van der Waals surface area contributed by atoms with Gasteiger partial charge in [-0.05, 0) is 13.0 Å². The van der Waals surface area contributed by atoms with E-state index >= 15 is 0 Å². The maximum absolute atomic E-state index is 12.6. The lowest BCUT2D eigenvalue weighted by Gasteiger charge is -2.09. The Hall–Kier alpha value is -2.88. The van der Waals surface area contributed by atoms with Crippen LogP contribution in [0.1, 0.15) is 11.1 Å². The SMILES string of the molecule is Cc1c(-c2ccccc2)oc2c(CC(=O)O)cccc2c1=O. The van der Waals surface area contributed by atoms with E-state index in [0.717, 1.165) is 5.56 Å². The summed E-state index contributed by atoms with van der Waals surface area (Å²) in [6.07, 6.45) is -0.183. The van der Waals surface area contributed by atoms with E-state index in [0.29, 0.717) is 27.9 Å². The van der Waals surface area contributed by atoms with E-state index in [4.69, 9.17) is 9.52 Å². The number of carbonyl (C=O) groups is 1. The van der Waals surface area contributed by atoms with Gasteiger partial charge in [-0.25, -0.2) is 0 Å². The van der Waals surface area contributed by atoms with Crippen molar-refractivity contribution in [3.8, 4) is 11.3 Å². The Labute approximate surface area is 126 Å². The second kappa shape index (κ2) is 5.48. The van der Waals surface area contributed by atoms with Crippen LogP contribution in [0.2, 0.25) is 0 Å². The van der Waals surface area contributed by atoms with Gasteiger partial charge in [-0.2, -0.15) is 0 Å². The Bertz CT molecular complexity index is 908. The molecule has 0 aliphatic carbocycles. The summed E-state index contributed by atoms with van der Waals surface area (Å²) < 4.78 is 5.93. The van der Waals surface area contributed by atoms with E-state index in [1.807, 2.05) is 30.3 Å². The van der Waals surface area contributed by atoms with Gasteiger partial charge in [0, 0.05) is 16.7 Å². The van der Waals surface area contributed by atoms with E-state index in [1.165, 1.54) is 0 Å². The monoisotopic (exact) mass is 294 g/mol. The molecule has 2 aromatic carbocycles. The first-order chi connectivity index (χ1) is 10.6. The fourth-order valence-electron chi connectivity index (χ4n) is 2.53. The largest absolute Gasteiger partial charge is 0.481 e. The Morgan fingerprint density at radius 2 is 1.82 bits per heavy atom. The molecule has 0 spiro atoms. The number of carboxylic acid groups (broad SMARTS) is 1. The normalized spacial score (nSPS) is 10.8. The summed E-state index contributed by atoms with van der Waals surface area (Å²) in [5.41, 5.74) is 2.03. The van der Waals surface area contributed by atoms with Gasteiger partial charge >= 0.3 is 5.97 Å². The fraction of sp³-hybridized carbons (Fsp3) is 0.111. The van der Waals surface area contributed by atoms with E-state index in [2.05, 4.69) is 0 Å². The summed E-state index contributed by atoms with van der Waals surface area (Å²) in [4.78, 5) is 23.6. The maximum atomic E-state index is 12.6. The van der Waals surface area contributed by atoms with Crippen molar-refractivity contribution in [2.75, 3.05) is 0 Å². The Balaban J connectivity index is 2.34. The lowest BCUT2D eigenvalue weighted by Crippen LogP contribution is -2.09. The number of aliphatic carboxylic acids is 1. The van der Waals surface area contributed by atoms with Crippen molar-refractivity contribution in [3.05, 3.63) is 69.9 Å². The van der Waals surface area contributed by atoms with Gasteiger partial charge in [0.15, 0.2) is 5.43 Å². The number of hydrogen-bond acceptors (Lipinski definition) is 3. The maximum Gasteiger partial charge on any atom is 0.307 e. The zero-order valence-electron chi connectivity index (χ0n) is 12.0. The van der Waals surface area contributed by atoms with Gasteiger partial charge < -0.3 is 9.52 Å². The molecule has 0 aliphatic rings. The second-order valence-corrected chi connectivity index (χ2v) is 5.12. The number of benzene rings is 2. The molecule has 0 amide bonds. The van der Waals surface area contributed by atoms with Crippen molar-refractivity contribution in [3.63, 3.8) is 0 Å². The third-order valence-corrected chi connectivity index (χ3v) is 3.60. The molecule has 110 valence electrons. The van der Waals surface area contributed by atoms with Crippen molar-refractivity contribution in [1.82, 2.24) is 0 Å². The molecule has 0 aliphatic heterocycles. The van der Waals surface area contributed by atoms with Gasteiger partial charge in [-0.15, -0.1) is 0 Å². The van der Waals surface area contributed by atoms with Gasteiger partial charge in [0.1, 0.15) is 11.3 Å².